The SMILES string of the molecule is CC1CCN(c2cccc(F)c2C(C)N)C1. The van der Waals surface area contributed by atoms with Crippen LogP contribution in [0.15, 0.2) is 18.2 Å². The third-order valence-electron chi connectivity index (χ3n) is 3.25. The van der Waals surface area contributed by atoms with Crippen molar-refractivity contribution < 1.29 is 4.39 Å². The lowest BCUT2D eigenvalue weighted by atomic mass is 10.1. The molecule has 2 atom stereocenters. The molecule has 88 valence electrons. The second-order valence-electron chi connectivity index (χ2n) is 4.80. The largest absolute Gasteiger partial charge is 0.371 e. The van der Waals surface area contributed by atoms with E-state index >= 15 is 0 Å². The van der Waals surface area contributed by atoms with Crippen LogP contribution in [0.25, 0.3) is 0 Å². The average Bonchev–Trinajstić information content (AvgIpc) is 2.63. The Morgan fingerprint density at radius 2 is 2.25 bits per heavy atom. The van der Waals surface area contributed by atoms with Gasteiger partial charge in [-0.3, -0.25) is 0 Å². The minimum Gasteiger partial charge on any atom is -0.371 e. The highest BCUT2D eigenvalue weighted by Crippen LogP contribution is 2.31. The normalized spacial score (nSPS) is 22.5. The number of anilines is 1. The van der Waals surface area contributed by atoms with Crippen LogP contribution in [0.4, 0.5) is 10.1 Å². The van der Waals surface area contributed by atoms with Crippen LogP contribution >= 0.6 is 0 Å². The summed E-state index contributed by atoms with van der Waals surface area (Å²) in [4.78, 5) is 2.24. The van der Waals surface area contributed by atoms with Crippen LogP contribution in [0.2, 0.25) is 0 Å². The first kappa shape index (κ1) is 11.4. The van der Waals surface area contributed by atoms with E-state index in [1.165, 1.54) is 12.5 Å². The Hall–Kier alpha value is -1.09. The van der Waals surface area contributed by atoms with Gasteiger partial charge in [-0.1, -0.05) is 13.0 Å². The summed E-state index contributed by atoms with van der Waals surface area (Å²) in [6.45, 7) is 6.07. The van der Waals surface area contributed by atoms with Crippen LogP contribution in [0.5, 0.6) is 0 Å². The fourth-order valence-corrected chi connectivity index (χ4v) is 2.41. The summed E-state index contributed by atoms with van der Waals surface area (Å²) in [7, 11) is 0. The topological polar surface area (TPSA) is 29.3 Å². The molecule has 0 aliphatic carbocycles. The minimum absolute atomic E-state index is 0.188. The molecule has 0 radical (unpaired) electrons. The van der Waals surface area contributed by atoms with E-state index in [0.29, 0.717) is 11.5 Å². The fourth-order valence-electron chi connectivity index (χ4n) is 2.41. The predicted octanol–water partition coefficient (Wildman–Crippen LogP) is 2.69. The van der Waals surface area contributed by atoms with Crippen LogP contribution in [-0.2, 0) is 0 Å². The molecule has 0 bridgehead atoms. The van der Waals surface area contributed by atoms with E-state index in [2.05, 4.69) is 11.8 Å². The summed E-state index contributed by atoms with van der Waals surface area (Å²) in [6.07, 6.45) is 1.18. The van der Waals surface area contributed by atoms with Crippen molar-refractivity contribution in [1.29, 1.82) is 0 Å². The number of nitrogens with zero attached hydrogens (tertiary/aromatic N) is 1. The Morgan fingerprint density at radius 3 is 2.81 bits per heavy atom. The Morgan fingerprint density at radius 1 is 1.50 bits per heavy atom. The number of hydrogen-bond acceptors (Lipinski definition) is 2. The minimum atomic E-state index is -0.257. The van der Waals surface area contributed by atoms with Crippen molar-refractivity contribution in [2.75, 3.05) is 18.0 Å². The number of nitrogens with two attached hydrogens (primary N) is 1. The monoisotopic (exact) mass is 222 g/mol. The summed E-state index contributed by atoms with van der Waals surface area (Å²) in [5.41, 5.74) is 7.47. The predicted molar refractivity (Wildman–Crippen MR) is 65.0 cm³/mol. The number of halogens is 1. The van der Waals surface area contributed by atoms with Crippen LogP contribution < -0.4 is 10.6 Å². The number of benzene rings is 1. The van der Waals surface area contributed by atoms with Gasteiger partial charge in [-0.25, -0.2) is 4.39 Å². The lowest BCUT2D eigenvalue weighted by Gasteiger charge is -2.23. The van der Waals surface area contributed by atoms with Gasteiger partial charge in [-0.2, -0.15) is 0 Å². The van der Waals surface area contributed by atoms with Gasteiger partial charge < -0.3 is 10.6 Å². The number of rotatable bonds is 2. The molecule has 1 aromatic carbocycles. The van der Waals surface area contributed by atoms with Crippen molar-refractivity contribution in [3.63, 3.8) is 0 Å². The molecule has 3 heteroatoms. The Bertz CT molecular complexity index is 376. The van der Waals surface area contributed by atoms with E-state index in [4.69, 9.17) is 5.73 Å². The molecule has 16 heavy (non-hydrogen) atoms. The molecular weight excluding hydrogens is 203 g/mol. The molecule has 1 fully saturated rings. The van der Waals surface area contributed by atoms with Gasteiger partial charge in [-0.15, -0.1) is 0 Å². The smallest absolute Gasteiger partial charge is 0.130 e. The van der Waals surface area contributed by atoms with Crippen LogP contribution in [-0.4, -0.2) is 13.1 Å². The van der Waals surface area contributed by atoms with Crippen molar-refractivity contribution in [3.05, 3.63) is 29.6 Å². The van der Waals surface area contributed by atoms with E-state index in [1.807, 2.05) is 13.0 Å². The zero-order chi connectivity index (χ0) is 11.7. The van der Waals surface area contributed by atoms with Gasteiger partial charge in [0.2, 0.25) is 0 Å². The first-order valence-electron chi connectivity index (χ1n) is 5.88. The summed E-state index contributed by atoms with van der Waals surface area (Å²) in [5.74, 6) is 0.497. The molecule has 1 saturated heterocycles. The third kappa shape index (κ3) is 2.05. The molecule has 1 aromatic rings. The van der Waals surface area contributed by atoms with Gasteiger partial charge in [-0.05, 0) is 31.4 Å². The highest BCUT2D eigenvalue weighted by atomic mass is 19.1. The second kappa shape index (κ2) is 4.42. The highest BCUT2D eigenvalue weighted by molar-refractivity contribution is 5.56. The molecule has 1 aliphatic rings. The van der Waals surface area contributed by atoms with E-state index in [1.54, 1.807) is 6.07 Å². The Balaban J connectivity index is 2.36. The van der Waals surface area contributed by atoms with Gasteiger partial charge in [0.05, 0.1) is 0 Å². The fraction of sp³-hybridized carbons (Fsp3) is 0.538. The second-order valence-corrected chi connectivity index (χ2v) is 4.80. The summed E-state index contributed by atoms with van der Waals surface area (Å²) >= 11 is 0. The van der Waals surface area contributed by atoms with Crippen molar-refractivity contribution in [1.82, 2.24) is 0 Å². The molecule has 1 aliphatic heterocycles. The van der Waals surface area contributed by atoms with Crippen molar-refractivity contribution >= 4 is 5.69 Å². The zero-order valence-corrected chi connectivity index (χ0v) is 9.91. The molecule has 0 spiro atoms. The molecule has 0 saturated carbocycles. The van der Waals surface area contributed by atoms with Crippen molar-refractivity contribution in [3.8, 4) is 0 Å². The van der Waals surface area contributed by atoms with Crippen molar-refractivity contribution in [2.24, 2.45) is 11.7 Å². The lowest BCUT2D eigenvalue weighted by Crippen LogP contribution is -2.23. The van der Waals surface area contributed by atoms with E-state index in [-0.39, 0.29) is 11.9 Å². The number of hydrogen-bond donors (Lipinski definition) is 1. The average molecular weight is 222 g/mol. The molecule has 2 nitrogen and oxygen atoms in total. The maximum atomic E-state index is 13.7. The molecule has 1 heterocycles. The van der Waals surface area contributed by atoms with Crippen molar-refractivity contribution in [2.45, 2.75) is 26.3 Å². The quantitative estimate of drug-likeness (QED) is 0.833. The molecular formula is C13H19FN2. The Labute approximate surface area is 96.2 Å². The van der Waals surface area contributed by atoms with Gasteiger partial charge in [0.15, 0.2) is 0 Å². The molecule has 0 amide bonds. The summed E-state index contributed by atoms with van der Waals surface area (Å²) < 4.78 is 13.7. The van der Waals surface area contributed by atoms with Gasteiger partial charge in [0, 0.05) is 30.4 Å². The van der Waals surface area contributed by atoms with Gasteiger partial charge in [0.25, 0.3) is 0 Å². The molecule has 0 aromatic heterocycles. The van der Waals surface area contributed by atoms with Crippen LogP contribution in [0.3, 0.4) is 0 Å². The zero-order valence-electron chi connectivity index (χ0n) is 9.91. The third-order valence-corrected chi connectivity index (χ3v) is 3.25. The van der Waals surface area contributed by atoms with E-state index in [9.17, 15) is 4.39 Å². The molecule has 2 N–H and O–H groups in total. The van der Waals surface area contributed by atoms with E-state index in [0.717, 1.165) is 18.8 Å². The summed E-state index contributed by atoms with van der Waals surface area (Å²) in [5, 5.41) is 0. The van der Waals surface area contributed by atoms with E-state index < -0.39 is 0 Å². The molecule has 2 rings (SSSR count). The lowest BCUT2D eigenvalue weighted by molar-refractivity contribution is 0.592. The summed E-state index contributed by atoms with van der Waals surface area (Å²) in [6, 6.07) is 4.97. The van der Waals surface area contributed by atoms with Crippen LogP contribution in [0.1, 0.15) is 31.9 Å². The van der Waals surface area contributed by atoms with Gasteiger partial charge >= 0.3 is 0 Å². The molecule has 2 unspecified atom stereocenters. The van der Waals surface area contributed by atoms with Gasteiger partial charge in [0.1, 0.15) is 5.82 Å². The first-order chi connectivity index (χ1) is 7.59. The maximum Gasteiger partial charge on any atom is 0.130 e. The standard InChI is InChI=1S/C13H19FN2/c1-9-6-7-16(8-9)12-5-3-4-11(14)13(12)10(2)15/h3-5,9-10H,6-8,15H2,1-2H3. The highest BCUT2D eigenvalue weighted by Gasteiger charge is 2.23. The Kier molecular flexibility index (Phi) is 3.15. The maximum absolute atomic E-state index is 13.7. The first-order valence-corrected chi connectivity index (χ1v) is 5.88. The van der Waals surface area contributed by atoms with Crippen LogP contribution in [0, 0.1) is 11.7 Å².